The molecule has 0 atom stereocenters. The predicted molar refractivity (Wildman–Crippen MR) is 117 cm³/mol. The van der Waals surface area contributed by atoms with E-state index in [1.807, 2.05) is 36.7 Å². The van der Waals surface area contributed by atoms with E-state index < -0.39 is 0 Å². The standard InChI is InChI=1S/C20H20Cl2N4O2S/c1-12-7-8-14(9-13(12)2)28-10-17-24-25-20(26(17)3)29-11-18(27)23-16-6-4-5-15(21)19(16)22/h4-9H,10-11H2,1-3H3,(H,23,27). The Hall–Kier alpha value is -2.22. The molecule has 9 heteroatoms. The summed E-state index contributed by atoms with van der Waals surface area (Å²) in [5.74, 6) is 1.40. The number of amides is 1. The Kier molecular flexibility index (Phi) is 7.05. The number of carbonyl (C=O) groups excluding carboxylic acids is 1. The summed E-state index contributed by atoms with van der Waals surface area (Å²) in [5, 5.41) is 12.4. The molecule has 0 saturated heterocycles. The predicted octanol–water partition coefficient (Wildman–Crippen LogP) is 5.05. The van der Waals surface area contributed by atoms with Gasteiger partial charge in [0.1, 0.15) is 12.4 Å². The maximum atomic E-state index is 12.2. The summed E-state index contributed by atoms with van der Waals surface area (Å²) < 4.78 is 7.62. The number of nitrogens with one attached hydrogen (secondary N) is 1. The van der Waals surface area contributed by atoms with Crippen molar-refractivity contribution < 1.29 is 9.53 Å². The molecule has 152 valence electrons. The molecule has 0 fully saturated rings. The van der Waals surface area contributed by atoms with E-state index in [2.05, 4.69) is 22.4 Å². The average Bonchev–Trinajstić information content (AvgIpc) is 3.04. The van der Waals surface area contributed by atoms with E-state index in [0.717, 1.165) is 5.75 Å². The topological polar surface area (TPSA) is 69.0 Å². The van der Waals surface area contributed by atoms with Gasteiger partial charge in [0, 0.05) is 7.05 Å². The van der Waals surface area contributed by atoms with Crippen LogP contribution in [0.3, 0.4) is 0 Å². The summed E-state index contributed by atoms with van der Waals surface area (Å²) in [6, 6.07) is 11.0. The molecule has 0 bridgehead atoms. The molecule has 0 saturated carbocycles. The molecular formula is C20H20Cl2N4O2S. The van der Waals surface area contributed by atoms with Crippen molar-refractivity contribution in [3.8, 4) is 5.75 Å². The molecule has 0 aliphatic carbocycles. The van der Waals surface area contributed by atoms with Crippen LogP contribution >= 0.6 is 35.0 Å². The fourth-order valence-corrected chi connectivity index (χ4v) is 3.54. The number of hydrogen-bond acceptors (Lipinski definition) is 5. The van der Waals surface area contributed by atoms with Gasteiger partial charge in [-0.05, 0) is 49.2 Å². The smallest absolute Gasteiger partial charge is 0.234 e. The highest BCUT2D eigenvalue weighted by Crippen LogP contribution is 2.29. The molecule has 1 aromatic heterocycles. The third kappa shape index (κ3) is 5.44. The van der Waals surface area contributed by atoms with E-state index in [1.54, 1.807) is 18.2 Å². The number of aromatic nitrogens is 3. The first-order valence-electron chi connectivity index (χ1n) is 8.80. The molecule has 3 rings (SSSR count). The molecule has 0 aliphatic heterocycles. The fourth-order valence-electron chi connectivity index (χ4n) is 2.46. The quantitative estimate of drug-likeness (QED) is 0.510. The van der Waals surface area contributed by atoms with Crippen molar-refractivity contribution in [1.29, 1.82) is 0 Å². The van der Waals surface area contributed by atoms with Crippen LogP contribution in [0.1, 0.15) is 17.0 Å². The Balaban J connectivity index is 1.55. The minimum Gasteiger partial charge on any atom is -0.486 e. The number of carbonyl (C=O) groups is 1. The lowest BCUT2D eigenvalue weighted by Gasteiger charge is -2.09. The third-order valence-electron chi connectivity index (χ3n) is 4.33. The summed E-state index contributed by atoms with van der Waals surface area (Å²) >= 11 is 13.3. The fraction of sp³-hybridized carbons (Fsp3) is 0.250. The van der Waals surface area contributed by atoms with Gasteiger partial charge in [0.15, 0.2) is 11.0 Å². The molecule has 1 heterocycles. The Morgan fingerprint density at radius 2 is 1.97 bits per heavy atom. The number of anilines is 1. The molecule has 0 aliphatic rings. The second-order valence-corrected chi connectivity index (χ2v) is 8.16. The number of aryl methyl sites for hydroxylation is 2. The Labute approximate surface area is 183 Å². The van der Waals surface area contributed by atoms with E-state index >= 15 is 0 Å². The molecule has 29 heavy (non-hydrogen) atoms. The van der Waals surface area contributed by atoms with Gasteiger partial charge in [-0.1, -0.05) is 47.1 Å². The third-order valence-corrected chi connectivity index (χ3v) is 6.17. The molecule has 2 aromatic carbocycles. The highest BCUT2D eigenvalue weighted by atomic mass is 35.5. The summed E-state index contributed by atoms with van der Waals surface area (Å²) in [7, 11) is 1.84. The Bertz CT molecular complexity index is 1040. The minimum absolute atomic E-state index is 0.160. The maximum absolute atomic E-state index is 12.2. The molecule has 1 amide bonds. The lowest BCUT2D eigenvalue weighted by Crippen LogP contribution is -2.15. The van der Waals surface area contributed by atoms with Crippen LogP contribution in [-0.2, 0) is 18.4 Å². The van der Waals surface area contributed by atoms with Crippen LogP contribution in [-0.4, -0.2) is 26.4 Å². The van der Waals surface area contributed by atoms with E-state index in [0.29, 0.717) is 26.7 Å². The monoisotopic (exact) mass is 450 g/mol. The zero-order chi connectivity index (χ0) is 21.0. The molecule has 3 aromatic rings. The van der Waals surface area contributed by atoms with Crippen LogP contribution < -0.4 is 10.1 Å². The molecule has 0 spiro atoms. The van der Waals surface area contributed by atoms with Crippen molar-refractivity contribution in [3.05, 3.63) is 63.4 Å². The second kappa shape index (κ2) is 9.52. The first-order valence-corrected chi connectivity index (χ1v) is 10.5. The van der Waals surface area contributed by atoms with Gasteiger partial charge in [0.25, 0.3) is 0 Å². The number of halogens is 2. The van der Waals surface area contributed by atoms with Gasteiger partial charge in [0.2, 0.25) is 5.91 Å². The van der Waals surface area contributed by atoms with Gasteiger partial charge < -0.3 is 14.6 Å². The average molecular weight is 451 g/mol. The van der Waals surface area contributed by atoms with Crippen LogP contribution in [0.25, 0.3) is 0 Å². The van der Waals surface area contributed by atoms with Crippen molar-refractivity contribution in [2.45, 2.75) is 25.6 Å². The highest BCUT2D eigenvalue weighted by Gasteiger charge is 2.13. The van der Waals surface area contributed by atoms with Crippen molar-refractivity contribution in [3.63, 3.8) is 0 Å². The van der Waals surface area contributed by atoms with Gasteiger partial charge in [0.05, 0.1) is 21.5 Å². The second-order valence-electron chi connectivity index (χ2n) is 6.43. The highest BCUT2D eigenvalue weighted by molar-refractivity contribution is 7.99. The van der Waals surface area contributed by atoms with E-state index in [-0.39, 0.29) is 18.3 Å². The maximum Gasteiger partial charge on any atom is 0.234 e. The zero-order valence-electron chi connectivity index (χ0n) is 16.2. The lowest BCUT2D eigenvalue weighted by molar-refractivity contribution is -0.113. The van der Waals surface area contributed by atoms with Crippen molar-refractivity contribution >= 4 is 46.6 Å². The summed E-state index contributed by atoms with van der Waals surface area (Å²) in [6.45, 7) is 4.39. The van der Waals surface area contributed by atoms with E-state index in [9.17, 15) is 4.79 Å². The van der Waals surface area contributed by atoms with Crippen molar-refractivity contribution in [2.75, 3.05) is 11.1 Å². The zero-order valence-corrected chi connectivity index (χ0v) is 18.5. The van der Waals surface area contributed by atoms with Crippen molar-refractivity contribution in [1.82, 2.24) is 14.8 Å². The number of rotatable bonds is 7. The SMILES string of the molecule is Cc1ccc(OCc2nnc(SCC(=O)Nc3cccc(Cl)c3Cl)n2C)cc1C. The molecule has 0 radical (unpaired) electrons. The van der Waals surface area contributed by atoms with Gasteiger partial charge in [-0.15, -0.1) is 10.2 Å². The van der Waals surface area contributed by atoms with E-state index in [4.69, 9.17) is 27.9 Å². The summed E-state index contributed by atoms with van der Waals surface area (Å²) in [5.41, 5.74) is 2.86. The number of nitrogens with zero attached hydrogens (tertiary/aromatic N) is 3. The molecule has 1 N–H and O–H groups in total. The summed E-state index contributed by atoms with van der Waals surface area (Å²) in [6.07, 6.45) is 0. The van der Waals surface area contributed by atoms with Crippen LogP contribution in [0.5, 0.6) is 5.75 Å². The van der Waals surface area contributed by atoms with Crippen LogP contribution in [0.4, 0.5) is 5.69 Å². The molecule has 0 unspecified atom stereocenters. The van der Waals surface area contributed by atoms with Crippen LogP contribution in [0.2, 0.25) is 10.0 Å². The number of thioether (sulfide) groups is 1. The van der Waals surface area contributed by atoms with Gasteiger partial charge >= 0.3 is 0 Å². The number of ether oxygens (including phenoxy) is 1. The largest absolute Gasteiger partial charge is 0.486 e. The first-order chi connectivity index (χ1) is 13.8. The minimum atomic E-state index is -0.213. The number of hydrogen-bond donors (Lipinski definition) is 1. The molecular weight excluding hydrogens is 431 g/mol. The van der Waals surface area contributed by atoms with E-state index in [1.165, 1.54) is 22.9 Å². The van der Waals surface area contributed by atoms with Gasteiger partial charge in [-0.25, -0.2) is 0 Å². The van der Waals surface area contributed by atoms with Crippen molar-refractivity contribution in [2.24, 2.45) is 7.05 Å². The van der Waals surface area contributed by atoms with Crippen LogP contribution in [0.15, 0.2) is 41.6 Å². The summed E-state index contributed by atoms with van der Waals surface area (Å²) in [4.78, 5) is 12.2. The normalized spacial score (nSPS) is 10.8. The Morgan fingerprint density at radius 3 is 2.72 bits per heavy atom. The molecule has 6 nitrogen and oxygen atoms in total. The number of benzene rings is 2. The first kappa shape index (κ1) is 21.5. The van der Waals surface area contributed by atoms with Gasteiger partial charge in [-0.2, -0.15) is 0 Å². The Morgan fingerprint density at radius 1 is 1.17 bits per heavy atom. The van der Waals surface area contributed by atoms with Crippen LogP contribution in [0, 0.1) is 13.8 Å². The van der Waals surface area contributed by atoms with Gasteiger partial charge in [-0.3, -0.25) is 4.79 Å². The lowest BCUT2D eigenvalue weighted by atomic mass is 10.1.